The third kappa shape index (κ3) is 6.53. The van der Waals surface area contributed by atoms with Crippen molar-refractivity contribution in [1.82, 2.24) is 10.2 Å². The standard InChI is InChI=1S/C15H25BrN2/c1-4-9-17-10-13(2)11-18(3)12-14-5-7-15(16)8-6-14/h5-8,13,17H,4,9-12H2,1-3H3. The Hall–Kier alpha value is -0.380. The molecule has 0 aliphatic heterocycles. The smallest absolute Gasteiger partial charge is 0.0230 e. The molecule has 1 rings (SSSR count). The fourth-order valence-electron chi connectivity index (χ4n) is 2.09. The quantitative estimate of drug-likeness (QED) is 0.739. The Bertz CT molecular complexity index is 324. The van der Waals surface area contributed by atoms with E-state index in [1.807, 2.05) is 0 Å². The first-order valence-corrected chi connectivity index (χ1v) is 7.54. The molecule has 0 fully saturated rings. The maximum absolute atomic E-state index is 3.48. The predicted octanol–water partition coefficient (Wildman–Crippen LogP) is 3.52. The van der Waals surface area contributed by atoms with Crippen LogP contribution in [0.15, 0.2) is 28.7 Å². The molecular weight excluding hydrogens is 288 g/mol. The van der Waals surface area contributed by atoms with E-state index in [1.165, 1.54) is 12.0 Å². The topological polar surface area (TPSA) is 15.3 Å². The number of nitrogens with one attached hydrogen (secondary N) is 1. The van der Waals surface area contributed by atoms with Gasteiger partial charge in [-0.15, -0.1) is 0 Å². The summed E-state index contributed by atoms with van der Waals surface area (Å²) in [6.45, 7) is 8.90. The molecule has 0 amide bonds. The average molecular weight is 313 g/mol. The summed E-state index contributed by atoms with van der Waals surface area (Å²) < 4.78 is 1.14. The molecule has 102 valence electrons. The lowest BCUT2D eigenvalue weighted by atomic mass is 10.1. The third-order valence-corrected chi connectivity index (χ3v) is 3.44. The molecule has 0 spiro atoms. The first-order chi connectivity index (χ1) is 8.61. The molecule has 1 unspecified atom stereocenters. The van der Waals surface area contributed by atoms with E-state index in [4.69, 9.17) is 0 Å². The van der Waals surface area contributed by atoms with E-state index in [0.717, 1.165) is 30.7 Å². The summed E-state index contributed by atoms with van der Waals surface area (Å²) in [5.74, 6) is 0.692. The molecule has 1 aromatic carbocycles. The zero-order chi connectivity index (χ0) is 13.4. The van der Waals surface area contributed by atoms with Gasteiger partial charge in [-0.3, -0.25) is 0 Å². The molecule has 18 heavy (non-hydrogen) atoms. The molecule has 0 aromatic heterocycles. The van der Waals surface area contributed by atoms with Crippen LogP contribution in [0, 0.1) is 5.92 Å². The van der Waals surface area contributed by atoms with Crippen molar-refractivity contribution in [3.63, 3.8) is 0 Å². The van der Waals surface area contributed by atoms with Gasteiger partial charge < -0.3 is 10.2 Å². The summed E-state index contributed by atoms with van der Waals surface area (Å²) in [6, 6.07) is 8.58. The Kier molecular flexibility index (Phi) is 7.56. The fraction of sp³-hybridized carbons (Fsp3) is 0.600. The Labute approximate surface area is 120 Å². The van der Waals surface area contributed by atoms with Crippen LogP contribution in [0.4, 0.5) is 0 Å². The van der Waals surface area contributed by atoms with Crippen LogP contribution in [0.1, 0.15) is 25.8 Å². The van der Waals surface area contributed by atoms with E-state index in [1.54, 1.807) is 0 Å². The maximum Gasteiger partial charge on any atom is 0.0230 e. The van der Waals surface area contributed by atoms with Crippen LogP contribution in [0.25, 0.3) is 0 Å². The molecule has 0 radical (unpaired) electrons. The molecule has 0 heterocycles. The van der Waals surface area contributed by atoms with Crippen LogP contribution >= 0.6 is 15.9 Å². The maximum atomic E-state index is 3.48. The van der Waals surface area contributed by atoms with Crippen molar-refractivity contribution < 1.29 is 0 Å². The van der Waals surface area contributed by atoms with E-state index in [-0.39, 0.29) is 0 Å². The third-order valence-electron chi connectivity index (χ3n) is 2.91. The van der Waals surface area contributed by atoms with Gasteiger partial charge in [-0.1, -0.05) is 41.9 Å². The molecule has 1 aromatic rings. The van der Waals surface area contributed by atoms with Gasteiger partial charge in [-0.05, 0) is 50.2 Å². The second-order valence-electron chi connectivity index (χ2n) is 5.13. The summed E-state index contributed by atoms with van der Waals surface area (Å²) in [6.07, 6.45) is 1.21. The Morgan fingerprint density at radius 2 is 1.94 bits per heavy atom. The number of hydrogen-bond donors (Lipinski definition) is 1. The summed E-state index contributed by atoms with van der Waals surface area (Å²) in [7, 11) is 2.19. The minimum Gasteiger partial charge on any atom is -0.316 e. The highest BCUT2D eigenvalue weighted by molar-refractivity contribution is 9.10. The minimum absolute atomic E-state index is 0.692. The van der Waals surface area contributed by atoms with Gasteiger partial charge >= 0.3 is 0 Å². The van der Waals surface area contributed by atoms with Gasteiger partial charge in [-0.25, -0.2) is 0 Å². The monoisotopic (exact) mass is 312 g/mol. The lowest BCUT2D eigenvalue weighted by Gasteiger charge is -2.21. The highest BCUT2D eigenvalue weighted by Crippen LogP contribution is 2.12. The van der Waals surface area contributed by atoms with E-state index in [9.17, 15) is 0 Å². The summed E-state index contributed by atoms with van der Waals surface area (Å²) in [5, 5.41) is 3.48. The lowest BCUT2D eigenvalue weighted by molar-refractivity contribution is 0.274. The fourth-order valence-corrected chi connectivity index (χ4v) is 2.35. The molecule has 1 atom stereocenters. The highest BCUT2D eigenvalue weighted by Gasteiger charge is 2.06. The molecule has 1 N–H and O–H groups in total. The summed E-state index contributed by atoms with van der Waals surface area (Å²) >= 11 is 3.47. The number of hydrogen-bond acceptors (Lipinski definition) is 2. The Morgan fingerprint density at radius 3 is 2.56 bits per heavy atom. The van der Waals surface area contributed by atoms with Crippen molar-refractivity contribution in [1.29, 1.82) is 0 Å². The Balaban J connectivity index is 2.27. The summed E-state index contributed by atoms with van der Waals surface area (Å²) in [5.41, 5.74) is 1.37. The van der Waals surface area contributed by atoms with Gasteiger partial charge in [0, 0.05) is 17.6 Å². The lowest BCUT2D eigenvalue weighted by Crippen LogP contribution is -2.31. The van der Waals surface area contributed by atoms with Crippen LogP contribution in [-0.4, -0.2) is 31.6 Å². The zero-order valence-electron chi connectivity index (χ0n) is 11.7. The molecular formula is C15H25BrN2. The number of benzene rings is 1. The van der Waals surface area contributed by atoms with E-state index in [2.05, 4.69) is 71.3 Å². The van der Waals surface area contributed by atoms with Crippen LogP contribution in [0.2, 0.25) is 0 Å². The summed E-state index contributed by atoms with van der Waals surface area (Å²) in [4.78, 5) is 2.39. The molecule has 0 saturated carbocycles. The van der Waals surface area contributed by atoms with Crippen molar-refractivity contribution >= 4 is 15.9 Å². The first kappa shape index (κ1) is 15.7. The second kappa shape index (κ2) is 8.68. The second-order valence-corrected chi connectivity index (χ2v) is 6.05. The van der Waals surface area contributed by atoms with Gasteiger partial charge in [0.2, 0.25) is 0 Å². The predicted molar refractivity (Wildman–Crippen MR) is 82.8 cm³/mol. The SMILES string of the molecule is CCCNCC(C)CN(C)Cc1ccc(Br)cc1. The normalized spacial score (nSPS) is 12.9. The van der Waals surface area contributed by atoms with Gasteiger partial charge in [0.1, 0.15) is 0 Å². The van der Waals surface area contributed by atoms with Crippen LogP contribution in [0.3, 0.4) is 0 Å². The van der Waals surface area contributed by atoms with E-state index in [0.29, 0.717) is 5.92 Å². The Morgan fingerprint density at radius 1 is 1.28 bits per heavy atom. The van der Waals surface area contributed by atoms with Crippen molar-refractivity contribution in [3.8, 4) is 0 Å². The van der Waals surface area contributed by atoms with Crippen LogP contribution in [-0.2, 0) is 6.54 Å². The first-order valence-electron chi connectivity index (χ1n) is 6.75. The molecule has 0 bridgehead atoms. The van der Waals surface area contributed by atoms with Gasteiger partial charge in [0.25, 0.3) is 0 Å². The average Bonchev–Trinajstić information content (AvgIpc) is 2.32. The number of nitrogens with zero attached hydrogens (tertiary/aromatic N) is 1. The van der Waals surface area contributed by atoms with Crippen molar-refractivity contribution in [3.05, 3.63) is 34.3 Å². The largest absolute Gasteiger partial charge is 0.316 e. The van der Waals surface area contributed by atoms with Crippen LogP contribution in [0.5, 0.6) is 0 Å². The zero-order valence-corrected chi connectivity index (χ0v) is 13.3. The minimum atomic E-state index is 0.692. The number of halogens is 1. The van der Waals surface area contributed by atoms with E-state index >= 15 is 0 Å². The molecule has 3 heteroatoms. The van der Waals surface area contributed by atoms with Crippen molar-refractivity contribution in [2.45, 2.75) is 26.8 Å². The van der Waals surface area contributed by atoms with Crippen molar-refractivity contribution in [2.24, 2.45) is 5.92 Å². The number of rotatable bonds is 8. The van der Waals surface area contributed by atoms with Gasteiger partial charge in [0.15, 0.2) is 0 Å². The molecule has 0 saturated heterocycles. The molecule has 0 aliphatic carbocycles. The van der Waals surface area contributed by atoms with Gasteiger partial charge in [0.05, 0.1) is 0 Å². The highest BCUT2D eigenvalue weighted by atomic mass is 79.9. The van der Waals surface area contributed by atoms with E-state index < -0.39 is 0 Å². The molecule has 0 aliphatic rings. The van der Waals surface area contributed by atoms with Crippen molar-refractivity contribution in [2.75, 3.05) is 26.7 Å². The van der Waals surface area contributed by atoms with Gasteiger partial charge in [-0.2, -0.15) is 0 Å². The van der Waals surface area contributed by atoms with Crippen LogP contribution < -0.4 is 5.32 Å². The molecule has 2 nitrogen and oxygen atoms in total.